The summed E-state index contributed by atoms with van der Waals surface area (Å²) in [6.45, 7) is 4.60. The first kappa shape index (κ1) is 16.7. The summed E-state index contributed by atoms with van der Waals surface area (Å²) in [5, 5.41) is 7.42. The van der Waals surface area contributed by atoms with Gasteiger partial charge in [-0.3, -0.25) is 9.69 Å². The van der Waals surface area contributed by atoms with Crippen LogP contribution in [0.3, 0.4) is 0 Å². The van der Waals surface area contributed by atoms with Gasteiger partial charge in [-0.25, -0.2) is 4.68 Å². The number of rotatable bonds is 5. The molecule has 2 aromatic rings. The quantitative estimate of drug-likeness (QED) is 0.917. The van der Waals surface area contributed by atoms with Gasteiger partial charge in [-0.05, 0) is 38.4 Å². The maximum absolute atomic E-state index is 12.4. The number of aromatic nitrogens is 2. The standard InChI is InChI=1S/C19H26N4O/c1-16(17-9-5-4-6-10-17)23-18(11-12-20-23)21-19(24)15-22-13-7-2-3-8-14-22/h4-6,9-12,16H,2-3,7-8,13-15H2,1H3,(H,21,24). The molecule has 1 amide bonds. The molecular formula is C19H26N4O. The number of carbonyl (C=O) groups excluding carboxylic acids is 1. The average molecular weight is 326 g/mol. The van der Waals surface area contributed by atoms with Crippen molar-refractivity contribution in [2.45, 2.75) is 38.6 Å². The average Bonchev–Trinajstić information content (AvgIpc) is 2.90. The molecule has 5 nitrogen and oxygen atoms in total. The van der Waals surface area contributed by atoms with Crippen molar-refractivity contribution in [2.75, 3.05) is 25.0 Å². The molecule has 0 spiro atoms. The van der Waals surface area contributed by atoms with Crippen LogP contribution in [0.1, 0.15) is 44.2 Å². The van der Waals surface area contributed by atoms with Gasteiger partial charge in [0.15, 0.2) is 0 Å². The minimum atomic E-state index is 0.0407. The molecule has 1 aromatic heterocycles. The number of nitrogens with zero attached hydrogens (tertiary/aromatic N) is 3. The van der Waals surface area contributed by atoms with Gasteiger partial charge in [0.25, 0.3) is 0 Å². The molecule has 0 saturated carbocycles. The first-order valence-electron chi connectivity index (χ1n) is 8.85. The summed E-state index contributed by atoms with van der Waals surface area (Å²) in [5.41, 5.74) is 1.17. The van der Waals surface area contributed by atoms with Crippen LogP contribution in [-0.2, 0) is 4.79 Å². The third-order valence-corrected chi connectivity index (χ3v) is 4.65. The van der Waals surface area contributed by atoms with E-state index in [4.69, 9.17) is 0 Å². The Morgan fingerprint density at radius 2 is 1.83 bits per heavy atom. The Balaban J connectivity index is 1.63. The minimum Gasteiger partial charge on any atom is -0.310 e. The predicted octanol–water partition coefficient (Wildman–Crippen LogP) is 3.31. The van der Waals surface area contributed by atoms with Gasteiger partial charge in [-0.1, -0.05) is 43.2 Å². The van der Waals surface area contributed by atoms with Crippen LogP contribution in [0, 0.1) is 0 Å². The van der Waals surface area contributed by atoms with Crippen molar-refractivity contribution in [3.8, 4) is 0 Å². The predicted molar refractivity (Wildman–Crippen MR) is 96.0 cm³/mol. The van der Waals surface area contributed by atoms with Crippen molar-refractivity contribution in [1.82, 2.24) is 14.7 Å². The topological polar surface area (TPSA) is 50.2 Å². The molecule has 1 N–H and O–H groups in total. The van der Waals surface area contributed by atoms with E-state index in [1.54, 1.807) is 6.20 Å². The number of hydrogen-bond acceptors (Lipinski definition) is 3. The van der Waals surface area contributed by atoms with Crippen LogP contribution in [0.4, 0.5) is 5.82 Å². The summed E-state index contributed by atoms with van der Waals surface area (Å²) in [4.78, 5) is 14.7. The maximum Gasteiger partial charge on any atom is 0.239 e. The van der Waals surface area contributed by atoms with Crippen molar-refractivity contribution in [3.05, 3.63) is 48.2 Å². The number of amides is 1. The number of carbonyl (C=O) groups is 1. The summed E-state index contributed by atoms with van der Waals surface area (Å²) >= 11 is 0. The van der Waals surface area contributed by atoms with Crippen molar-refractivity contribution < 1.29 is 4.79 Å². The second-order valence-corrected chi connectivity index (χ2v) is 6.49. The number of anilines is 1. The van der Waals surface area contributed by atoms with Gasteiger partial charge in [-0.15, -0.1) is 0 Å². The van der Waals surface area contributed by atoms with E-state index in [0.717, 1.165) is 18.9 Å². The second kappa shape index (κ2) is 8.11. The van der Waals surface area contributed by atoms with Crippen LogP contribution in [0.2, 0.25) is 0 Å². The minimum absolute atomic E-state index is 0.0407. The molecule has 1 unspecified atom stereocenters. The van der Waals surface area contributed by atoms with Gasteiger partial charge < -0.3 is 5.32 Å². The number of likely N-dealkylation sites (tertiary alicyclic amines) is 1. The highest BCUT2D eigenvalue weighted by molar-refractivity contribution is 5.91. The molecule has 0 radical (unpaired) electrons. The number of benzene rings is 1. The Hall–Kier alpha value is -2.14. The Morgan fingerprint density at radius 3 is 2.54 bits per heavy atom. The summed E-state index contributed by atoms with van der Waals surface area (Å²) < 4.78 is 1.87. The van der Waals surface area contributed by atoms with Gasteiger partial charge in [0.05, 0.1) is 18.8 Å². The van der Waals surface area contributed by atoms with E-state index in [0.29, 0.717) is 6.54 Å². The van der Waals surface area contributed by atoms with E-state index in [1.165, 1.54) is 31.2 Å². The normalized spacial score (nSPS) is 17.2. The van der Waals surface area contributed by atoms with Gasteiger partial charge in [-0.2, -0.15) is 5.10 Å². The Labute approximate surface area is 143 Å². The maximum atomic E-state index is 12.4. The molecule has 1 aromatic carbocycles. The molecule has 1 atom stereocenters. The SMILES string of the molecule is CC(c1ccccc1)n1nccc1NC(=O)CN1CCCCCC1. The Kier molecular flexibility index (Phi) is 5.64. The Bertz CT molecular complexity index is 644. The molecule has 128 valence electrons. The molecule has 1 saturated heterocycles. The fraction of sp³-hybridized carbons (Fsp3) is 0.474. The first-order valence-corrected chi connectivity index (χ1v) is 8.85. The van der Waals surface area contributed by atoms with Crippen LogP contribution < -0.4 is 5.32 Å². The third-order valence-electron chi connectivity index (χ3n) is 4.65. The molecule has 1 aliphatic rings. The molecular weight excluding hydrogens is 300 g/mol. The zero-order valence-corrected chi connectivity index (χ0v) is 14.3. The van der Waals surface area contributed by atoms with Crippen LogP contribution >= 0.6 is 0 Å². The van der Waals surface area contributed by atoms with Gasteiger partial charge >= 0.3 is 0 Å². The van der Waals surface area contributed by atoms with Gasteiger partial charge in [0.2, 0.25) is 5.91 Å². The van der Waals surface area contributed by atoms with E-state index in [2.05, 4.69) is 34.4 Å². The fourth-order valence-corrected chi connectivity index (χ4v) is 3.27. The van der Waals surface area contributed by atoms with E-state index in [-0.39, 0.29) is 11.9 Å². The van der Waals surface area contributed by atoms with Crippen LogP contribution in [0.5, 0.6) is 0 Å². The van der Waals surface area contributed by atoms with E-state index >= 15 is 0 Å². The van der Waals surface area contributed by atoms with Crippen LogP contribution in [0.25, 0.3) is 0 Å². The largest absolute Gasteiger partial charge is 0.310 e. The summed E-state index contributed by atoms with van der Waals surface area (Å²) in [6, 6.07) is 12.1. The molecule has 2 heterocycles. The molecule has 1 fully saturated rings. The van der Waals surface area contributed by atoms with Crippen molar-refractivity contribution in [3.63, 3.8) is 0 Å². The van der Waals surface area contributed by atoms with E-state index in [9.17, 15) is 4.79 Å². The zero-order chi connectivity index (χ0) is 16.8. The third kappa shape index (κ3) is 4.23. The zero-order valence-electron chi connectivity index (χ0n) is 14.3. The monoisotopic (exact) mass is 326 g/mol. The smallest absolute Gasteiger partial charge is 0.239 e. The molecule has 0 aliphatic carbocycles. The number of hydrogen-bond donors (Lipinski definition) is 1. The van der Waals surface area contributed by atoms with E-state index in [1.807, 2.05) is 28.9 Å². The Morgan fingerprint density at radius 1 is 1.12 bits per heavy atom. The van der Waals surface area contributed by atoms with Crippen LogP contribution in [-0.4, -0.2) is 40.2 Å². The summed E-state index contributed by atoms with van der Waals surface area (Å²) in [5.74, 6) is 0.796. The lowest BCUT2D eigenvalue weighted by Crippen LogP contribution is -2.34. The lowest BCUT2D eigenvalue weighted by Gasteiger charge is -2.20. The first-order chi connectivity index (χ1) is 11.7. The van der Waals surface area contributed by atoms with Crippen molar-refractivity contribution >= 4 is 11.7 Å². The van der Waals surface area contributed by atoms with Gasteiger partial charge in [0.1, 0.15) is 5.82 Å². The fourth-order valence-electron chi connectivity index (χ4n) is 3.27. The highest BCUT2D eigenvalue weighted by Gasteiger charge is 2.16. The second-order valence-electron chi connectivity index (χ2n) is 6.49. The molecule has 0 bridgehead atoms. The lowest BCUT2D eigenvalue weighted by molar-refractivity contribution is -0.117. The summed E-state index contributed by atoms with van der Waals surface area (Å²) in [6.07, 6.45) is 6.67. The van der Waals surface area contributed by atoms with Crippen LogP contribution in [0.15, 0.2) is 42.6 Å². The molecule has 1 aliphatic heterocycles. The highest BCUT2D eigenvalue weighted by atomic mass is 16.2. The van der Waals surface area contributed by atoms with Crippen molar-refractivity contribution in [2.24, 2.45) is 0 Å². The van der Waals surface area contributed by atoms with E-state index < -0.39 is 0 Å². The molecule has 3 rings (SSSR count). The highest BCUT2D eigenvalue weighted by Crippen LogP contribution is 2.21. The number of nitrogens with one attached hydrogen (secondary N) is 1. The lowest BCUT2D eigenvalue weighted by atomic mass is 10.1. The molecule has 24 heavy (non-hydrogen) atoms. The summed E-state index contributed by atoms with van der Waals surface area (Å²) in [7, 11) is 0. The van der Waals surface area contributed by atoms with Gasteiger partial charge in [0, 0.05) is 6.07 Å². The molecule has 5 heteroatoms. The van der Waals surface area contributed by atoms with Crippen molar-refractivity contribution in [1.29, 1.82) is 0 Å².